The minimum atomic E-state index is -0.822. The van der Waals surface area contributed by atoms with Crippen molar-refractivity contribution in [3.63, 3.8) is 0 Å². The zero-order valence-electron chi connectivity index (χ0n) is 16.5. The maximum absolute atomic E-state index is 13.1. The van der Waals surface area contributed by atoms with E-state index in [1.807, 2.05) is 25.1 Å². The number of methoxy groups -OCH3 is 1. The van der Waals surface area contributed by atoms with Crippen molar-refractivity contribution in [1.82, 2.24) is 9.47 Å². The molecule has 0 saturated carbocycles. The number of amides is 1. The van der Waals surface area contributed by atoms with Gasteiger partial charge >= 0.3 is 5.97 Å². The van der Waals surface area contributed by atoms with Crippen LogP contribution in [0, 0.1) is 19.8 Å². The summed E-state index contributed by atoms with van der Waals surface area (Å²) in [6.45, 7) is 7.82. The largest absolute Gasteiger partial charge is 0.481 e. The molecule has 0 bridgehead atoms. The Kier molecular flexibility index (Phi) is 5.56. The van der Waals surface area contributed by atoms with E-state index in [0.29, 0.717) is 18.6 Å². The van der Waals surface area contributed by atoms with Crippen LogP contribution in [0.1, 0.15) is 41.4 Å². The van der Waals surface area contributed by atoms with Crippen molar-refractivity contribution in [2.45, 2.75) is 46.2 Å². The molecule has 1 amide bonds. The van der Waals surface area contributed by atoms with E-state index in [2.05, 4.69) is 18.4 Å². The molecule has 3 rings (SSSR count). The molecule has 27 heavy (non-hydrogen) atoms. The van der Waals surface area contributed by atoms with Gasteiger partial charge < -0.3 is 19.3 Å². The van der Waals surface area contributed by atoms with E-state index in [0.717, 1.165) is 29.4 Å². The number of likely N-dealkylation sites (tertiary alicyclic amines) is 1. The predicted molar refractivity (Wildman–Crippen MR) is 104 cm³/mol. The Morgan fingerprint density at radius 3 is 2.67 bits per heavy atom. The van der Waals surface area contributed by atoms with E-state index >= 15 is 0 Å². The molecule has 1 N–H and O–H groups in total. The van der Waals surface area contributed by atoms with Gasteiger partial charge in [0.1, 0.15) is 0 Å². The number of aromatic nitrogens is 1. The van der Waals surface area contributed by atoms with E-state index in [9.17, 15) is 14.7 Å². The third kappa shape index (κ3) is 3.58. The molecule has 0 spiro atoms. The monoisotopic (exact) mass is 372 g/mol. The molecule has 1 aromatic carbocycles. The number of carbonyl (C=O) groups excluding carboxylic acids is 1. The Morgan fingerprint density at radius 2 is 2.00 bits per heavy atom. The summed E-state index contributed by atoms with van der Waals surface area (Å²) in [4.78, 5) is 26.2. The van der Waals surface area contributed by atoms with Crippen LogP contribution in [-0.2, 0) is 16.1 Å². The smallest absolute Gasteiger partial charge is 0.308 e. The number of carboxylic acids is 1. The zero-order valence-corrected chi connectivity index (χ0v) is 16.5. The first kappa shape index (κ1) is 19.4. The van der Waals surface area contributed by atoms with Crippen LogP contribution in [-0.4, -0.2) is 52.8 Å². The van der Waals surface area contributed by atoms with Crippen LogP contribution < -0.4 is 0 Å². The number of fused-ring (bicyclic) bond motifs is 1. The van der Waals surface area contributed by atoms with Crippen molar-refractivity contribution in [3.05, 3.63) is 35.0 Å². The number of aliphatic carboxylic acids is 1. The van der Waals surface area contributed by atoms with Crippen LogP contribution in [0.4, 0.5) is 0 Å². The molecule has 1 aliphatic heterocycles. The van der Waals surface area contributed by atoms with Gasteiger partial charge in [0.2, 0.25) is 0 Å². The number of carbonyl (C=O) groups is 2. The van der Waals surface area contributed by atoms with Gasteiger partial charge in [-0.3, -0.25) is 9.59 Å². The van der Waals surface area contributed by atoms with Crippen molar-refractivity contribution >= 4 is 22.8 Å². The molecule has 2 atom stereocenters. The van der Waals surface area contributed by atoms with Gasteiger partial charge in [-0.25, -0.2) is 0 Å². The van der Waals surface area contributed by atoms with Crippen LogP contribution in [0.3, 0.4) is 0 Å². The molecule has 2 heterocycles. The summed E-state index contributed by atoms with van der Waals surface area (Å²) in [5.74, 6) is -1.39. The summed E-state index contributed by atoms with van der Waals surface area (Å²) in [6.07, 6.45) is 1.34. The summed E-state index contributed by atoms with van der Waals surface area (Å²) in [6, 6.07) is 5.84. The van der Waals surface area contributed by atoms with Crippen molar-refractivity contribution < 1.29 is 19.4 Å². The SMILES string of the molecule is COCCn1c(C)c(C)c2cc(C(=O)N3CC(C(=O)O)CCC3C)ccc21. The minimum Gasteiger partial charge on any atom is -0.481 e. The number of hydrogen-bond donors (Lipinski definition) is 1. The molecule has 6 heteroatoms. The Morgan fingerprint density at radius 1 is 1.26 bits per heavy atom. The maximum Gasteiger partial charge on any atom is 0.308 e. The fourth-order valence-electron chi connectivity index (χ4n) is 4.01. The Balaban J connectivity index is 1.93. The van der Waals surface area contributed by atoms with Gasteiger partial charge in [0.25, 0.3) is 5.91 Å². The first-order valence-electron chi connectivity index (χ1n) is 9.47. The molecule has 146 valence electrons. The van der Waals surface area contributed by atoms with Crippen molar-refractivity contribution in [2.75, 3.05) is 20.3 Å². The average Bonchev–Trinajstić information content (AvgIpc) is 2.89. The lowest BCUT2D eigenvalue weighted by Crippen LogP contribution is -2.47. The van der Waals surface area contributed by atoms with Gasteiger partial charge in [-0.15, -0.1) is 0 Å². The standard InChI is InChI=1S/C21H28N2O4/c1-13-5-6-17(21(25)26)12-23(13)20(24)16-7-8-19-18(11-16)14(2)15(3)22(19)9-10-27-4/h7-8,11,13,17H,5-6,9-10,12H2,1-4H3,(H,25,26). The number of carboxylic acid groups (broad SMARTS) is 1. The second kappa shape index (κ2) is 7.72. The van der Waals surface area contributed by atoms with E-state index in [1.165, 1.54) is 5.69 Å². The number of benzene rings is 1. The topological polar surface area (TPSA) is 71.8 Å². The van der Waals surface area contributed by atoms with Crippen molar-refractivity contribution in [1.29, 1.82) is 0 Å². The molecule has 2 aromatic rings. The van der Waals surface area contributed by atoms with Gasteiger partial charge in [-0.2, -0.15) is 0 Å². The molecule has 2 unspecified atom stereocenters. The van der Waals surface area contributed by atoms with E-state index in [4.69, 9.17) is 4.74 Å². The average molecular weight is 372 g/mol. The quantitative estimate of drug-likeness (QED) is 0.875. The summed E-state index contributed by atoms with van der Waals surface area (Å²) in [7, 11) is 1.69. The molecule has 0 aliphatic carbocycles. The van der Waals surface area contributed by atoms with Gasteiger partial charge in [0, 0.05) is 48.4 Å². The zero-order chi connectivity index (χ0) is 19.7. The van der Waals surface area contributed by atoms with E-state index < -0.39 is 11.9 Å². The summed E-state index contributed by atoms with van der Waals surface area (Å²) in [5, 5.41) is 10.4. The molecule has 1 aromatic heterocycles. The van der Waals surface area contributed by atoms with Crippen molar-refractivity contribution in [3.8, 4) is 0 Å². The van der Waals surface area contributed by atoms with Crippen LogP contribution in [0.25, 0.3) is 10.9 Å². The lowest BCUT2D eigenvalue weighted by molar-refractivity contribution is -0.143. The minimum absolute atomic E-state index is 0.0536. The lowest BCUT2D eigenvalue weighted by atomic mass is 9.93. The fourth-order valence-corrected chi connectivity index (χ4v) is 4.01. The van der Waals surface area contributed by atoms with Gasteiger partial charge in [0.15, 0.2) is 0 Å². The number of ether oxygens (including phenoxy) is 1. The maximum atomic E-state index is 13.1. The predicted octanol–water partition coefficient (Wildman–Crippen LogP) is 3.23. The van der Waals surface area contributed by atoms with Crippen LogP contribution in [0.15, 0.2) is 18.2 Å². The Bertz CT molecular complexity index is 871. The Labute approximate surface area is 159 Å². The highest BCUT2D eigenvalue weighted by atomic mass is 16.5. The van der Waals surface area contributed by atoms with E-state index in [1.54, 1.807) is 12.0 Å². The number of hydrogen-bond acceptors (Lipinski definition) is 3. The number of nitrogens with zero attached hydrogens (tertiary/aromatic N) is 2. The third-order valence-electron chi connectivity index (χ3n) is 5.90. The first-order chi connectivity index (χ1) is 12.8. The van der Waals surface area contributed by atoms with Gasteiger partial charge in [-0.1, -0.05) is 0 Å². The van der Waals surface area contributed by atoms with Gasteiger partial charge in [-0.05, 0) is 57.4 Å². The van der Waals surface area contributed by atoms with E-state index in [-0.39, 0.29) is 18.5 Å². The van der Waals surface area contributed by atoms with Gasteiger partial charge in [0.05, 0.1) is 12.5 Å². The lowest BCUT2D eigenvalue weighted by Gasteiger charge is -2.36. The van der Waals surface area contributed by atoms with Crippen LogP contribution in [0.5, 0.6) is 0 Å². The molecular weight excluding hydrogens is 344 g/mol. The highest BCUT2D eigenvalue weighted by Crippen LogP contribution is 2.29. The molecule has 1 aliphatic rings. The van der Waals surface area contributed by atoms with Crippen LogP contribution in [0.2, 0.25) is 0 Å². The number of aryl methyl sites for hydroxylation is 1. The molecule has 6 nitrogen and oxygen atoms in total. The summed E-state index contributed by atoms with van der Waals surface area (Å²) < 4.78 is 7.43. The number of piperidine rings is 1. The highest BCUT2D eigenvalue weighted by molar-refractivity contribution is 5.99. The third-order valence-corrected chi connectivity index (χ3v) is 5.90. The second-order valence-electron chi connectivity index (χ2n) is 7.51. The molecular formula is C21H28N2O4. The summed E-state index contributed by atoms with van der Waals surface area (Å²) >= 11 is 0. The normalized spacial score (nSPS) is 20.2. The van der Waals surface area contributed by atoms with Crippen LogP contribution >= 0.6 is 0 Å². The summed E-state index contributed by atoms with van der Waals surface area (Å²) in [5.41, 5.74) is 4.04. The highest BCUT2D eigenvalue weighted by Gasteiger charge is 2.33. The van der Waals surface area contributed by atoms with Crippen molar-refractivity contribution in [2.24, 2.45) is 5.92 Å². The molecule has 0 radical (unpaired) electrons. The second-order valence-corrected chi connectivity index (χ2v) is 7.51. The fraction of sp³-hybridized carbons (Fsp3) is 0.524. The first-order valence-corrected chi connectivity index (χ1v) is 9.47. The Hall–Kier alpha value is -2.34. The molecule has 1 fully saturated rings. The number of rotatable bonds is 5. The molecule has 1 saturated heterocycles.